The number of esters is 1. The van der Waals surface area contributed by atoms with E-state index in [1.807, 2.05) is 20.3 Å². The summed E-state index contributed by atoms with van der Waals surface area (Å²) in [6.45, 7) is 4.45. The topological polar surface area (TPSA) is 26.3 Å². The third kappa shape index (κ3) is 5.60. The van der Waals surface area contributed by atoms with Crippen LogP contribution < -0.4 is 0 Å². The monoisotopic (exact) mass is 143 g/mol. The van der Waals surface area contributed by atoms with Crippen molar-refractivity contribution < 1.29 is 9.53 Å². The van der Waals surface area contributed by atoms with Crippen LogP contribution >= 0.6 is 0 Å². The fourth-order valence-corrected chi connectivity index (χ4v) is 0.546. The molecule has 0 aromatic heterocycles. The summed E-state index contributed by atoms with van der Waals surface area (Å²) in [5, 5.41) is 0. The number of hydrogen-bond donors (Lipinski definition) is 0. The van der Waals surface area contributed by atoms with E-state index in [1.165, 1.54) is 0 Å². The molecule has 0 fully saturated rings. The SMILES string of the molecule is CC[CH]COC(=O)CCC. The fourth-order valence-electron chi connectivity index (χ4n) is 0.546. The van der Waals surface area contributed by atoms with E-state index in [1.54, 1.807) is 0 Å². The highest BCUT2D eigenvalue weighted by atomic mass is 16.5. The highest BCUT2D eigenvalue weighted by Crippen LogP contribution is 1.93. The van der Waals surface area contributed by atoms with Gasteiger partial charge in [0.1, 0.15) is 0 Å². The van der Waals surface area contributed by atoms with E-state index in [2.05, 4.69) is 0 Å². The first kappa shape index (κ1) is 9.47. The van der Waals surface area contributed by atoms with Crippen molar-refractivity contribution in [2.24, 2.45) is 0 Å². The molecule has 59 valence electrons. The first-order valence-corrected chi connectivity index (χ1v) is 3.78. The predicted molar refractivity (Wildman–Crippen MR) is 40.5 cm³/mol. The van der Waals surface area contributed by atoms with Crippen molar-refractivity contribution in [3.05, 3.63) is 6.42 Å². The molecule has 0 spiro atoms. The van der Waals surface area contributed by atoms with Crippen LogP contribution in [0.5, 0.6) is 0 Å². The maximum absolute atomic E-state index is 10.7. The molecule has 0 aliphatic rings. The second-order valence-electron chi connectivity index (χ2n) is 2.13. The summed E-state index contributed by atoms with van der Waals surface area (Å²) in [6.07, 6.45) is 4.30. The lowest BCUT2D eigenvalue weighted by molar-refractivity contribution is -0.142. The molecule has 1 radical (unpaired) electrons. The Hall–Kier alpha value is -0.530. The van der Waals surface area contributed by atoms with Crippen LogP contribution in [-0.2, 0) is 9.53 Å². The minimum atomic E-state index is -0.0906. The Balaban J connectivity index is 3.05. The molecule has 0 bridgehead atoms. The van der Waals surface area contributed by atoms with Crippen molar-refractivity contribution in [2.75, 3.05) is 6.61 Å². The zero-order chi connectivity index (χ0) is 7.82. The van der Waals surface area contributed by atoms with E-state index in [-0.39, 0.29) is 5.97 Å². The van der Waals surface area contributed by atoms with Gasteiger partial charge in [-0.2, -0.15) is 0 Å². The Bertz CT molecular complexity index is 89.3. The summed E-state index contributed by atoms with van der Waals surface area (Å²) in [5.74, 6) is -0.0906. The lowest BCUT2D eigenvalue weighted by atomic mass is 10.3. The van der Waals surface area contributed by atoms with Crippen molar-refractivity contribution in [1.82, 2.24) is 0 Å². The molecule has 0 aromatic carbocycles. The number of rotatable bonds is 5. The Kier molecular flexibility index (Phi) is 6.24. The van der Waals surface area contributed by atoms with Crippen LogP contribution in [0.3, 0.4) is 0 Å². The van der Waals surface area contributed by atoms with E-state index >= 15 is 0 Å². The average Bonchev–Trinajstić information content (AvgIpc) is 1.89. The molecule has 0 aliphatic heterocycles. The summed E-state index contributed by atoms with van der Waals surface area (Å²) < 4.78 is 4.83. The van der Waals surface area contributed by atoms with Crippen LogP contribution in [0.15, 0.2) is 0 Å². The van der Waals surface area contributed by atoms with Crippen molar-refractivity contribution in [3.63, 3.8) is 0 Å². The Morgan fingerprint density at radius 3 is 2.70 bits per heavy atom. The smallest absolute Gasteiger partial charge is 0.305 e. The minimum Gasteiger partial charge on any atom is -0.465 e. The van der Waals surface area contributed by atoms with Crippen LogP contribution in [-0.4, -0.2) is 12.6 Å². The summed E-state index contributed by atoms with van der Waals surface area (Å²) in [7, 11) is 0. The van der Waals surface area contributed by atoms with Gasteiger partial charge < -0.3 is 4.74 Å². The maximum atomic E-state index is 10.7. The van der Waals surface area contributed by atoms with Gasteiger partial charge in [-0.15, -0.1) is 0 Å². The van der Waals surface area contributed by atoms with Gasteiger partial charge in [-0.1, -0.05) is 13.8 Å². The standard InChI is InChI=1S/C8H15O2/c1-3-5-7-10-8(9)6-4-2/h5H,3-4,6-7H2,1-2H3. The summed E-state index contributed by atoms with van der Waals surface area (Å²) in [5.41, 5.74) is 0. The third-order valence-corrected chi connectivity index (χ3v) is 1.10. The molecule has 0 amide bonds. The molecule has 0 aromatic rings. The number of carbonyl (C=O) groups is 1. The number of ether oxygens (including phenoxy) is 1. The van der Waals surface area contributed by atoms with Gasteiger partial charge >= 0.3 is 5.97 Å². The normalized spacial score (nSPS) is 9.40. The van der Waals surface area contributed by atoms with Gasteiger partial charge in [0.25, 0.3) is 0 Å². The molecule has 2 nitrogen and oxygen atoms in total. The number of hydrogen-bond acceptors (Lipinski definition) is 2. The molecule has 0 saturated heterocycles. The first-order valence-electron chi connectivity index (χ1n) is 3.78. The Morgan fingerprint density at radius 1 is 1.50 bits per heavy atom. The highest BCUT2D eigenvalue weighted by Gasteiger charge is 1.97. The van der Waals surface area contributed by atoms with Gasteiger partial charge in [0.2, 0.25) is 0 Å². The van der Waals surface area contributed by atoms with Crippen molar-refractivity contribution >= 4 is 5.97 Å². The van der Waals surface area contributed by atoms with Gasteiger partial charge in [0.05, 0.1) is 6.61 Å². The molecule has 0 atom stereocenters. The molecule has 0 N–H and O–H groups in total. The zero-order valence-corrected chi connectivity index (χ0v) is 6.72. The quantitative estimate of drug-likeness (QED) is 0.434. The summed E-state index contributed by atoms with van der Waals surface area (Å²) >= 11 is 0. The van der Waals surface area contributed by atoms with Crippen LogP contribution in [0.1, 0.15) is 33.1 Å². The molecule has 0 unspecified atom stereocenters. The third-order valence-electron chi connectivity index (χ3n) is 1.10. The number of unbranched alkanes of at least 4 members (excludes halogenated alkanes) is 1. The maximum Gasteiger partial charge on any atom is 0.305 e. The van der Waals surface area contributed by atoms with Crippen molar-refractivity contribution in [1.29, 1.82) is 0 Å². The molecular weight excluding hydrogens is 128 g/mol. The van der Waals surface area contributed by atoms with E-state index in [0.29, 0.717) is 13.0 Å². The van der Waals surface area contributed by atoms with Crippen LogP contribution in [0.2, 0.25) is 0 Å². The average molecular weight is 143 g/mol. The van der Waals surface area contributed by atoms with Crippen molar-refractivity contribution in [3.8, 4) is 0 Å². The molecular formula is C8H15O2. The zero-order valence-electron chi connectivity index (χ0n) is 6.72. The summed E-state index contributed by atoms with van der Waals surface area (Å²) in [6, 6.07) is 0. The molecule has 10 heavy (non-hydrogen) atoms. The molecule has 0 rings (SSSR count). The molecule has 0 aliphatic carbocycles. The van der Waals surface area contributed by atoms with Gasteiger partial charge in [-0.3, -0.25) is 4.79 Å². The Labute approximate surface area is 62.6 Å². The van der Waals surface area contributed by atoms with E-state index in [0.717, 1.165) is 12.8 Å². The highest BCUT2D eigenvalue weighted by molar-refractivity contribution is 5.69. The second kappa shape index (κ2) is 6.59. The largest absolute Gasteiger partial charge is 0.465 e. The van der Waals surface area contributed by atoms with Crippen LogP contribution in [0, 0.1) is 6.42 Å². The van der Waals surface area contributed by atoms with E-state index < -0.39 is 0 Å². The van der Waals surface area contributed by atoms with Gasteiger partial charge in [0.15, 0.2) is 0 Å². The van der Waals surface area contributed by atoms with Gasteiger partial charge in [-0.05, 0) is 19.3 Å². The number of carbonyl (C=O) groups excluding carboxylic acids is 1. The minimum absolute atomic E-state index is 0.0906. The van der Waals surface area contributed by atoms with E-state index in [9.17, 15) is 4.79 Å². The molecule has 0 heterocycles. The van der Waals surface area contributed by atoms with Gasteiger partial charge in [-0.25, -0.2) is 0 Å². The van der Waals surface area contributed by atoms with Crippen molar-refractivity contribution in [2.45, 2.75) is 33.1 Å². The van der Waals surface area contributed by atoms with Gasteiger partial charge in [0, 0.05) is 6.42 Å². The van der Waals surface area contributed by atoms with Crippen LogP contribution in [0.4, 0.5) is 0 Å². The first-order chi connectivity index (χ1) is 4.81. The molecule has 2 heteroatoms. The Morgan fingerprint density at radius 2 is 2.20 bits per heavy atom. The lowest BCUT2D eigenvalue weighted by Gasteiger charge is -2.00. The van der Waals surface area contributed by atoms with Crippen LogP contribution in [0.25, 0.3) is 0 Å². The predicted octanol–water partition coefficient (Wildman–Crippen LogP) is 1.94. The second-order valence-corrected chi connectivity index (χ2v) is 2.13. The van der Waals surface area contributed by atoms with E-state index in [4.69, 9.17) is 4.74 Å². The molecule has 0 saturated carbocycles. The summed E-state index contributed by atoms with van der Waals surface area (Å²) in [4.78, 5) is 10.7. The lowest BCUT2D eigenvalue weighted by Crippen LogP contribution is -2.04. The fraction of sp³-hybridized carbons (Fsp3) is 0.750.